The maximum atomic E-state index is 13.2. The summed E-state index contributed by atoms with van der Waals surface area (Å²) in [4.78, 5) is 33.5. The standard InChI is InChI=1S/C16H24N4O4/c1-17(7-9-21)11-13(19-3-4-19)16(24)14(20-5-6-20)12(15(11)23)18(2)8-10-22/h21-22H,3-10H2,1-2H3. The molecule has 2 N–H and O–H groups in total. The minimum absolute atomic E-state index is 0.0980. The van der Waals surface area contributed by atoms with Crippen molar-refractivity contribution in [1.82, 2.24) is 19.6 Å². The first-order valence-electron chi connectivity index (χ1n) is 8.23. The third-order valence-electron chi connectivity index (χ3n) is 4.47. The van der Waals surface area contributed by atoms with Crippen LogP contribution in [0.15, 0.2) is 22.8 Å². The minimum atomic E-state index is -0.217. The quantitative estimate of drug-likeness (QED) is 0.390. The van der Waals surface area contributed by atoms with E-state index in [0.29, 0.717) is 22.8 Å². The molecule has 0 aromatic heterocycles. The second-order valence-corrected chi connectivity index (χ2v) is 6.32. The number of aliphatic hydroxyl groups excluding tert-OH is 2. The van der Waals surface area contributed by atoms with E-state index in [9.17, 15) is 19.8 Å². The molecule has 8 heteroatoms. The number of rotatable bonds is 8. The van der Waals surface area contributed by atoms with Crippen LogP contribution in [0, 0.1) is 0 Å². The summed E-state index contributed by atoms with van der Waals surface area (Å²) in [5.74, 6) is -0.352. The Kier molecular flexibility index (Phi) is 4.51. The molecule has 0 radical (unpaired) electrons. The number of ketones is 2. The fourth-order valence-corrected chi connectivity index (χ4v) is 3.02. The fourth-order valence-electron chi connectivity index (χ4n) is 3.02. The number of carbonyl (C=O) groups excluding carboxylic acids is 2. The summed E-state index contributed by atoms with van der Waals surface area (Å²) in [6.07, 6.45) is 0. The predicted octanol–water partition coefficient (Wildman–Crippen LogP) is -1.96. The Balaban J connectivity index is 2.07. The number of hydrogen-bond acceptors (Lipinski definition) is 8. The summed E-state index contributed by atoms with van der Waals surface area (Å²) in [6, 6.07) is 0. The Morgan fingerprint density at radius 2 is 1.17 bits per heavy atom. The van der Waals surface area contributed by atoms with E-state index in [1.165, 1.54) is 0 Å². The average molecular weight is 336 g/mol. The highest BCUT2D eigenvalue weighted by atomic mass is 16.3. The summed E-state index contributed by atoms with van der Waals surface area (Å²) in [7, 11) is 3.43. The highest BCUT2D eigenvalue weighted by molar-refractivity contribution is 6.24. The van der Waals surface area contributed by atoms with Crippen LogP contribution in [0.5, 0.6) is 0 Å². The first kappa shape index (κ1) is 16.8. The van der Waals surface area contributed by atoms with Gasteiger partial charge < -0.3 is 29.8 Å². The SMILES string of the molecule is CN(CCO)C1=C(N2CC2)C(=O)C(N2CC2)=C(N(C)CCO)C1=O. The Bertz CT molecular complexity index is 570. The first-order valence-corrected chi connectivity index (χ1v) is 8.23. The van der Waals surface area contributed by atoms with E-state index < -0.39 is 0 Å². The monoisotopic (exact) mass is 336 g/mol. The summed E-state index contributed by atoms with van der Waals surface area (Å²) in [5.41, 5.74) is 1.58. The lowest BCUT2D eigenvalue weighted by Gasteiger charge is -2.33. The van der Waals surface area contributed by atoms with Crippen molar-refractivity contribution in [3.63, 3.8) is 0 Å². The molecule has 2 heterocycles. The molecule has 0 spiro atoms. The molecule has 0 aromatic carbocycles. The van der Waals surface area contributed by atoms with Crippen LogP contribution in [-0.2, 0) is 9.59 Å². The van der Waals surface area contributed by atoms with E-state index in [0.717, 1.165) is 26.2 Å². The van der Waals surface area contributed by atoms with Crippen LogP contribution < -0.4 is 0 Å². The third-order valence-corrected chi connectivity index (χ3v) is 4.47. The second-order valence-electron chi connectivity index (χ2n) is 6.32. The van der Waals surface area contributed by atoms with Crippen LogP contribution in [0.2, 0.25) is 0 Å². The molecule has 24 heavy (non-hydrogen) atoms. The number of aliphatic hydroxyl groups is 2. The van der Waals surface area contributed by atoms with Gasteiger partial charge in [0.2, 0.25) is 11.6 Å². The van der Waals surface area contributed by atoms with E-state index >= 15 is 0 Å². The normalized spacial score (nSPS) is 20.2. The van der Waals surface area contributed by atoms with Gasteiger partial charge in [0.05, 0.1) is 13.2 Å². The van der Waals surface area contributed by atoms with Gasteiger partial charge >= 0.3 is 0 Å². The Morgan fingerprint density at radius 1 is 0.792 bits per heavy atom. The molecule has 3 aliphatic rings. The lowest BCUT2D eigenvalue weighted by Crippen LogP contribution is -2.42. The van der Waals surface area contributed by atoms with Crippen LogP contribution in [-0.4, -0.2) is 108 Å². The zero-order chi connectivity index (χ0) is 17.4. The van der Waals surface area contributed by atoms with E-state index in [-0.39, 0.29) is 37.9 Å². The highest BCUT2D eigenvalue weighted by Gasteiger charge is 2.46. The number of hydrogen-bond donors (Lipinski definition) is 2. The second kappa shape index (κ2) is 6.45. The van der Waals surface area contributed by atoms with Crippen LogP contribution in [0.3, 0.4) is 0 Å². The molecule has 0 bridgehead atoms. The molecule has 3 rings (SSSR count). The van der Waals surface area contributed by atoms with Gasteiger partial charge in [-0.05, 0) is 0 Å². The van der Waals surface area contributed by atoms with Gasteiger partial charge in [0.25, 0.3) is 0 Å². The van der Waals surface area contributed by atoms with Gasteiger partial charge in [0.1, 0.15) is 22.8 Å². The lowest BCUT2D eigenvalue weighted by molar-refractivity contribution is -0.120. The van der Waals surface area contributed by atoms with Gasteiger partial charge in [-0.2, -0.15) is 0 Å². The zero-order valence-electron chi connectivity index (χ0n) is 14.2. The molecule has 8 nitrogen and oxygen atoms in total. The van der Waals surface area contributed by atoms with Gasteiger partial charge in [-0.1, -0.05) is 0 Å². The highest BCUT2D eigenvalue weighted by Crippen LogP contribution is 2.35. The van der Waals surface area contributed by atoms with Crippen LogP contribution in [0.1, 0.15) is 0 Å². The molecular weight excluding hydrogens is 312 g/mol. The van der Waals surface area contributed by atoms with Gasteiger partial charge in [-0.3, -0.25) is 9.59 Å². The van der Waals surface area contributed by atoms with Crippen molar-refractivity contribution in [3.05, 3.63) is 22.8 Å². The van der Waals surface area contributed by atoms with Crippen LogP contribution in [0.4, 0.5) is 0 Å². The maximum absolute atomic E-state index is 13.2. The molecule has 2 fully saturated rings. The topological polar surface area (TPSA) is 87.1 Å². The molecule has 0 unspecified atom stereocenters. The molecule has 2 saturated heterocycles. The van der Waals surface area contributed by atoms with E-state index in [1.807, 2.05) is 9.80 Å². The van der Waals surface area contributed by atoms with E-state index in [4.69, 9.17) is 0 Å². The van der Waals surface area contributed by atoms with Gasteiger partial charge in [0.15, 0.2) is 0 Å². The van der Waals surface area contributed by atoms with Crippen molar-refractivity contribution in [2.75, 3.05) is 66.6 Å². The molecule has 0 atom stereocenters. The lowest BCUT2D eigenvalue weighted by atomic mass is 9.97. The summed E-state index contributed by atoms with van der Waals surface area (Å²) in [5, 5.41) is 18.5. The summed E-state index contributed by atoms with van der Waals surface area (Å²) >= 11 is 0. The number of carbonyl (C=O) groups is 2. The van der Waals surface area contributed by atoms with Gasteiger partial charge in [-0.25, -0.2) is 0 Å². The molecule has 2 aliphatic heterocycles. The molecule has 0 saturated carbocycles. The summed E-state index contributed by atoms with van der Waals surface area (Å²) in [6.45, 7) is 3.42. The number of nitrogens with zero attached hydrogens (tertiary/aromatic N) is 4. The predicted molar refractivity (Wildman–Crippen MR) is 86.6 cm³/mol. The minimum Gasteiger partial charge on any atom is -0.395 e. The molecule has 0 amide bonds. The van der Waals surface area contributed by atoms with E-state index in [1.54, 1.807) is 23.9 Å². The van der Waals surface area contributed by atoms with E-state index in [2.05, 4.69) is 0 Å². The Labute approximate surface area is 141 Å². The van der Waals surface area contributed by atoms with Crippen LogP contribution >= 0.6 is 0 Å². The zero-order valence-corrected chi connectivity index (χ0v) is 14.2. The number of likely N-dealkylation sites (N-methyl/N-ethyl adjacent to an activating group) is 2. The third kappa shape index (κ3) is 2.87. The maximum Gasteiger partial charge on any atom is 0.229 e. The van der Waals surface area contributed by atoms with Crippen molar-refractivity contribution in [2.24, 2.45) is 0 Å². The Hall–Kier alpha value is -2.06. The van der Waals surface area contributed by atoms with Crippen LogP contribution in [0.25, 0.3) is 0 Å². The Morgan fingerprint density at radius 3 is 1.46 bits per heavy atom. The van der Waals surface area contributed by atoms with Crippen molar-refractivity contribution < 1.29 is 19.8 Å². The molecule has 132 valence electrons. The largest absolute Gasteiger partial charge is 0.395 e. The first-order chi connectivity index (χ1) is 11.5. The van der Waals surface area contributed by atoms with Crippen molar-refractivity contribution >= 4 is 11.6 Å². The molecular formula is C16H24N4O4. The van der Waals surface area contributed by atoms with Crippen molar-refractivity contribution in [3.8, 4) is 0 Å². The van der Waals surface area contributed by atoms with Gasteiger partial charge in [0, 0.05) is 53.4 Å². The van der Waals surface area contributed by atoms with Crippen molar-refractivity contribution in [1.29, 1.82) is 0 Å². The summed E-state index contributed by atoms with van der Waals surface area (Å²) < 4.78 is 0. The average Bonchev–Trinajstić information content (AvgIpc) is 3.41. The molecule has 0 aromatic rings. The van der Waals surface area contributed by atoms with Crippen molar-refractivity contribution in [2.45, 2.75) is 0 Å². The van der Waals surface area contributed by atoms with Gasteiger partial charge in [-0.15, -0.1) is 0 Å². The molecule has 1 aliphatic carbocycles. The fraction of sp³-hybridized carbons (Fsp3) is 0.625. The number of Topliss-reactive ketones (excluding diaryl/α,β-unsaturated/α-hetero) is 2. The smallest absolute Gasteiger partial charge is 0.229 e.